The van der Waals surface area contributed by atoms with E-state index in [9.17, 15) is 15.0 Å². The number of hydrogen-bond acceptors (Lipinski definition) is 5. The Hall–Kier alpha value is -1.21. The number of aromatic nitrogens is 1. The van der Waals surface area contributed by atoms with E-state index in [1.807, 2.05) is 6.92 Å². The van der Waals surface area contributed by atoms with E-state index in [1.165, 1.54) is 10.6 Å². The topological polar surface area (TPSA) is 80.9 Å². The molecule has 18 heavy (non-hydrogen) atoms. The van der Waals surface area contributed by atoms with E-state index >= 15 is 0 Å². The van der Waals surface area contributed by atoms with E-state index in [0.717, 1.165) is 5.56 Å². The first-order valence-corrected chi connectivity index (χ1v) is 5.84. The molecule has 0 radical (unpaired) electrons. The van der Waals surface area contributed by atoms with E-state index in [4.69, 9.17) is 9.47 Å². The number of aliphatic hydroxyl groups excluding tert-OH is 2. The average Bonchev–Trinajstić information content (AvgIpc) is 2.84. The minimum absolute atomic E-state index is 0.145. The molecule has 0 saturated carbocycles. The lowest BCUT2D eigenvalue weighted by Crippen LogP contribution is -2.44. The zero-order chi connectivity index (χ0) is 12.9. The second-order valence-electron chi connectivity index (χ2n) is 4.90. The third-order valence-corrected chi connectivity index (χ3v) is 3.63. The van der Waals surface area contributed by atoms with Crippen molar-refractivity contribution in [2.45, 2.75) is 31.0 Å². The van der Waals surface area contributed by atoms with Crippen LogP contribution in [0.3, 0.4) is 0 Å². The molecular formula is C12H15NO5. The first-order chi connectivity index (χ1) is 8.57. The molecule has 0 unspecified atom stereocenters. The second-order valence-corrected chi connectivity index (χ2v) is 4.90. The highest BCUT2D eigenvalue weighted by Crippen LogP contribution is 2.44. The van der Waals surface area contributed by atoms with E-state index in [0.29, 0.717) is 0 Å². The molecule has 2 aliphatic rings. The number of aliphatic hydroxyl groups is 2. The van der Waals surface area contributed by atoms with Crippen molar-refractivity contribution in [2.75, 3.05) is 13.2 Å². The van der Waals surface area contributed by atoms with Gasteiger partial charge in [0.25, 0.3) is 5.56 Å². The van der Waals surface area contributed by atoms with E-state index < -0.39 is 24.0 Å². The fraction of sp³-hybridized carbons (Fsp3) is 0.583. The minimum Gasteiger partial charge on any atom is -0.393 e. The summed E-state index contributed by atoms with van der Waals surface area (Å²) < 4.78 is 12.5. The largest absolute Gasteiger partial charge is 0.393 e. The number of ether oxygens (including phenoxy) is 2. The number of rotatable bonds is 2. The van der Waals surface area contributed by atoms with Crippen LogP contribution in [0.25, 0.3) is 0 Å². The molecule has 4 atom stereocenters. The molecule has 1 aromatic heterocycles. The standard InChI is InChI=1S/C12H15NO5/c1-7-2-3-8(15)13(4-7)11-9-10(16)12(5-14,18-11)6-17-9/h2-4,9-11,14,16H,5-6H2,1H3/t9-,10+,11-,12+/m1/s1. The van der Waals surface area contributed by atoms with Crippen molar-refractivity contribution in [3.05, 3.63) is 34.2 Å². The number of aryl methyl sites for hydroxylation is 1. The van der Waals surface area contributed by atoms with Gasteiger partial charge in [-0.3, -0.25) is 9.36 Å². The molecule has 0 amide bonds. The summed E-state index contributed by atoms with van der Waals surface area (Å²) in [7, 11) is 0. The van der Waals surface area contributed by atoms with Gasteiger partial charge >= 0.3 is 0 Å². The number of fused-ring (bicyclic) bond motifs is 2. The van der Waals surface area contributed by atoms with Crippen LogP contribution in [0.5, 0.6) is 0 Å². The maximum absolute atomic E-state index is 11.8. The van der Waals surface area contributed by atoms with Crippen LogP contribution < -0.4 is 5.56 Å². The summed E-state index contributed by atoms with van der Waals surface area (Å²) >= 11 is 0. The first-order valence-electron chi connectivity index (χ1n) is 5.84. The summed E-state index contributed by atoms with van der Waals surface area (Å²) in [5, 5.41) is 19.4. The smallest absolute Gasteiger partial charge is 0.252 e. The number of nitrogens with zero attached hydrogens (tertiary/aromatic N) is 1. The summed E-state index contributed by atoms with van der Waals surface area (Å²) in [6.45, 7) is 1.68. The minimum atomic E-state index is -1.10. The highest BCUT2D eigenvalue weighted by molar-refractivity contribution is 5.12. The summed E-state index contributed by atoms with van der Waals surface area (Å²) in [6, 6.07) is 3.16. The van der Waals surface area contributed by atoms with Gasteiger partial charge in [0.2, 0.25) is 0 Å². The van der Waals surface area contributed by atoms with Crippen molar-refractivity contribution in [2.24, 2.45) is 0 Å². The molecule has 0 aliphatic carbocycles. The lowest BCUT2D eigenvalue weighted by molar-refractivity contribution is -0.187. The molecule has 2 N–H and O–H groups in total. The Morgan fingerprint density at radius 1 is 1.56 bits per heavy atom. The van der Waals surface area contributed by atoms with Gasteiger partial charge in [-0.05, 0) is 12.5 Å². The Labute approximate surface area is 103 Å². The SMILES string of the molecule is Cc1ccc(=O)n([C@@H]2O[C@@]3(CO)CO[C@@H]2[C@@H]3O)c1. The van der Waals surface area contributed by atoms with Crippen molar-refractivity contribution in [1.82, 2.24) is 4.57 Å². The first kappa shape index (κ1) is 11.9. The van der Waals surface area contributed by atoms with Crippen molar-refractivity contribution in [3.63, 3.8) is 0 Å². The van der Waals surface area contributed by atoms with Crippen molar-refractivity contribution >= 4 is 0 Å². The van der Waals surface area contributed by atoms with Gasteiger partial charge in [0.05, 0.1) is 13.2 Å². The third-order valence-electron chi connectivity index (χ3n) is 3.63. The molecule has 0 spiro atoms. The highest BCUT2D eigenvalue weighted by Gasteiger charge is 2.61. The van der Waals surface area contributed by atoms with Gasteiger partial charge in [-0.15, -0.1) is 0 Å². The summed E-state index contributed by atoms with van der Waals surface area (Å²) in [5.41, 5.74) is -0.408. The van der Waals surface area contributed by atoms with Gasteiger partial charge in [-0.2, -0.15) is 0 Å². The molecule has 1 aromatic rings. The Bertz CT molecular complexity index is 527. The van der Waals surface area contributed by atoms with E-state index in [2.05, 4.69) is 0 Å². The van der Waals surface area contributed by atoms with Gasteiger partial charge < -0.3 is 19.7 Å². The fourth-order valence-electron chi connectivity index (χ4n) is 2.57. The van der Waals surface area contributed by atoms with Crippen LogP contribution in [0.1, 0.15) is 11.8 Å². The Balaban J connectivity index is 2.01. The van der Waals surface area contributed by atoms with Crippen LogP contribution in [-0.2, 0) is 9.47 Å². The van der Waals surface area contributed by atoms with Crippen LogP contribution in [0.4, 0.5) is 0 Å². The monoisotopic (exact) mass is 253 g/mol. The lowest BCUT2D eigenvalue weighted by atomic mass is 10.0. The molecule has 3 rings (SSSR count). The summed E-state index contributed by atoms with van der Waals surface area (Å²) in [5.74, 6) is 0. The Morgan fingerprint density at radius 3 is 3.00 bits per heavy atom. The van der Waals surface area contributed by atoms with Crippen LogP contribution in [0.2, 0.25) is 0 Å². The van der Waals surface area contributed by atoms with Crippen molar-refractivity contribution < 1.29 is 19.7 Å². The fourth-order valence-corrected chi connectivity index (χ4v) is 2.57. The number of pyridine rings is 1. The van der Waals surface area contributed by atoms with Crippen LogP contribution in [0.15, 0.2) is 23.1 Å². The van der Waals surface area contributed by atoms with Crippen LogP contribution in [0, 0.1) is 6.92 Å². The number of hydrogen-bond donors (Lipinski definition) is 2. The van der Waals surface area contributed by atoms with Crippen molar-refractivity contribution in [3.8, 4) is 0 Å². The summed E-state index contributed by atoms with van der Waals surface area (Å²) in [4.78, 5) is 11.8. The predicted octanol–water partition coefficient (Wildman–Crippen LogP) is -0.824. The molecule has 3 heterocycles. The maximum atomic E-state index is 11.8. The molecule has 2 aliphatic heterocycles. The van der Waals surface area contributed by atoms with Gasteiger partial charge in [-0.25, -0.2) is 0 Å². The molecule has 6 heteroatoms. The molecular weight excluding hydrogens is 238 g/mol. The van der Waals surface area contributed by atoms with Crippen LogP contribution >= 0.6 is 0 Å². The molecule has 2 fully saturated rings. The molecule has 6 nitrogen and oxygen atoms in total. The Morgan fingerprint density at radius 2 is 2.33 bits per heavy atom. The van der Waals surface area contributed by atoms with Crippen molar-refractivity contribution in [1.29, 1.82) is 0 Å². The van der Waals surface area contributed by atoms with E-state index in [-0.39, 0.29) is 18.8 Å². The second kappa shape index (κ2) is 3.89. The average molecular weight is 253 g/mol. The zero-order valence-corrected chi connectivity index (χ0v) is 9.94. The lowest BCUT2D eigenvalue weighted by Gasteiger charge is -2.29. The molecule has 2 saturated heterocycles. The van der Waals surface area contributed by atoms with E-state index in [1.54, 1.807) is 12.3 Å². The quantitative estimate of drug-likeness (QED) is 0.719. The summed E-state index contributed by atoms with van der Waals surface area (Å²) in [6.07, 6.45) is -0.556. The maximum Gasteiger partial charge on any atom is 0.252 e. The molecule has 98 valence electrons. The predicted molar refractivity (Wildman–Crippen MR) is 61.1 cm³/mol. The van der Waals surface area contributed by atoms with Gasteiger partial charge in [0.1, 0.15) is 17.8 Å². The normalized spacial score (nSPS) is 38.3. The van der Waals surface area contributed by atoms with Gasteiger partial charge in [0.15, 0.2) is 6.23 Å². The Kier molecular flexibility index (Phi) is 2.56. The zero-order valence-electron chi connectivity index (χ0n) is 9.94. The third kappa shape index (κ3) is 1.47. The molecule has 2 bridgehead atoms. The van der Waals surface area contributed by atoms with Gasteiger partial charge in [0, 0.05) is 12.3 Å². The van der Waals surface area contributed by atoms with Crippen LogP contribution in [-0.4, -0.2) is 45.8 Å². The molecule has 0 aromatic carbocycles. The van der Waals surface area contributed by atoms with Gasteiger partial charge in [-0.1, -0.05) is 6.07 Å². The highest BCUT2D eigenvalue weighted by atomic mass is 16.7.